The third-order valence-corrected chi connectivity index (χ3v) is 8.40. The molecule has 154 valence electrons. The number of halogens is 1. The minimum Gasteiger partial charge on any atom is -0.334 e. The van der Waals surface area contributed by atoms with Gasteiger partial charge in [-0.25, -0.2) is 13.2 Å². The first-order chi connectivity index (χ1) is 14.4. The molecule has 1 aliphatic carbocycles. The van der Waals surface area contributed by atoms with E-state index in [0.29, 0.717) is 18.0 Å². The number of sulfonamides is 1. The van der Waals surface area contributed by atoms with Crippen LogP contribution in [-0.2, 0) is 10.0 Å². The van der Waals surface area contributed by atoms with E-state index in [1.807, 2.05) is 24.3 Å². The molecule has 0 radical (unpaired) electrons. The van der Waals surface area contributed by atoms with Gasteiger partial charge in [0.2, 0.25) is 10.0 Å². The van der Waals surface area contributed by atoms with E-state index in [9.17, 15) is 13.2 Å². The number of anilines is 1. The molecule has 1 saturated heterocycles. The molecule has 2 aromatic carbocycles. The largest absolute Gasteiger partial charge is 0.334 e. The zero-order valence-corrected chi connectivity index (χ0v) is 18.8. The van der Waals surface area contributed by atoms with Crippen LogP contribution in [0.5, 0.6) is 0 Å². The highest BCUT2D eigenvalue weighted by atomic mass is 127. The molecular weight excluding hydrogens is 515 g/mol. The summed E-state index contributed by atoms with van der Waals surface area (Å²) in [6.07, 6.45) is 3.45. The lowest BCUT2D eigenvalue weighted by atomic mass is 10.1. The van der Waals surface area contributed by atoms with Crippen LogP contribution in [0, 0.1) is 15.4 Å². The van der Waals surface area contributed by atoms with E-state index < -0.39 is 10.0 Å². The van der Waals surface area contributed by atoms with Gasteiger partial charge in [0.15, 0.2) is 0 Å². The van der Waals surface area contributed by atoms with E-state index in [0.717, 1.165) is 20.0 Å². The number of piperidine rings is 1. The summed E-state index contributed by atoms with van der Waals surface area (Å²) in [4.78, 5) is 16.9. The van der Waals surface area contributed by atoms with Crippen molar-refractivity contribution in [2.45, 2.75) is 10.9 Å². The lowest BCUT2D eigenvalue weighted by Gasteiger charge is -2.20. The fourth-order valence-corrected chi connectivity index (χ4v) is 6.07. The summed E-state index contributed by atoms with van der Waals surface area (Å²) in [5.41, 5.74) is 0.723. The smallest absolute Gasteiger partial charge is 0.319 e. The van der Waals surface area contributed by atoms with Gasteiger partial charge in [-0.15, -0.1) is 0 Å². The van der Waals surface area contributed by atoms with Crippen molar-refractivity contribution in [3.05, 3.63) is 64.5 Å². The van der Waals surface area contributed by atoms with Gasteiger partial charge in [0.1, 0.15) is 0 Å². The van der Waals surface area contributed by atoms with Crippen LogP contribution in [0.15, 0.2) is 65.8 Å². The highest BCUT2D eigenvalue weighted by Crippen LogP contribution is 2.47. The maximum Gasteiger partial charge on any atom is 0.319 e. The van der Waals surface area contributed by atoms with Gasteiger partial charge in [0, 0.05) is 45.9 Å². The normalized spacial score (nSPS) is 23.2. The molecule has 7 nitrogen and oxygen atoms in total. The topological polar surface area (TPSA) is 91.4 Å². The van der Waals surface area contributed by atoms with Crippen molar-refractivity contribution in [2.24, 2.45) is 11.8 Å². The average molecular weight is 534 g/mol. The van der Waals surface area contributed by atoms with E-state index in [1.165, 1.54) is 4.31 Å². The third kappa shape index (κ3) is 3.54. The van der Waals surface area contributed by atoms with E-state index in [-0.39, 0.29) is 23.9 Å². The zero-order valence-electron chi connectivity index (χ0n) is 15.8. The fourth-order valence-electron chi connectivity index (χ4n) is 4.20. The lowest BCUT2D eigenvalue weighted by molar-refractivity contribution is 0.250. The molecule has 1 aromatic heterocycles. The third-order valence-electron chi connectivity index (χ3n) is 5.84. The number of nitrogens with zero attached hydrogens (tertiary/aromatic N) is 2. The Bertz CT molecular complexity index is 1220. The Morgan fingerprint density at radius 2 is 1.80 bits per heavy atom. The van der Waals surface area contributed by atoms with Gasteiger partial charge in [-0.05, 0) is 70.8 Å². The maximum atomic E-state index is 12.8. The van der Waals surface area contributed by atoms with Crippen LogP contribution < -0.4 is 10.6 Å². The number of carbonyl (C=O) groups is 1. The Morgan fingerprint density at radius 3 is 2.53 bits per heavy atom. The molecule has 9 heteroatoms. The molecule has 2 unspecified atom stereocenters. The van der Waals surface area contributed by atoms with Crippen molar-refractivity contribution in [3.63, 3.8) is 0 Å². The number of aromatic nitrogens is 1. The van der Waals surface area contributed by atoms with Crippen molar-refractivity contribution in [2.75, 3.05) is 18.4 Å². The first-order valence-electron chi connectivity index (χ1n) is 9.59. The predicted octanol–water partition coefficient (Wildman–Crippen LogP) is 3.28. The average Bonchev–Trinajstić information content (AvgIpc) is 3.16. The molecule has 2 atom stereocenters. The summed E-state index contributed by atoms with van der Waals surface area (Å²) in [5.74, 6) is 0.317. The molecule has 2 fully saturated rings. The summed E-state index contributed by atoms with van der Waals surface area (Å²) >= 11 is 2.15. The summed E-state index contributed by atoms with van der Waals surface area (Å²) in [6, 6.07) is 14.1. The highest BCUT2D eigenvalue weighted by molar-refractivity contribution is 14.1. The summed E-state index contributed by atoms with van der Waals surface area (Å²) in [5, 5.41) is 7.79. The molecule has 2 N–H and O–H groups in total. The van der Waals surface area contributed by atoms with Crippen LogP contribution >= 0.6 is 22.6 Å². The van der Waals surface area contributed by atoms with Gasteiger partial charge in [-0.2, -0.15) is 4.31 Å². The predicted molar refractivity (Wildman–Crippen MR) is 123 cm³/mol. The van der Waals surface area contributed by atoms with Crippen LogP contribution in [0.25, 0.3) is 10.8 Å². The number of urea groups is 1. The Balaban J connectivity index is 1.21. The van der Waals surface area contributed by atoms with Crippen LogP contribution in [0.4, 0.5) is 10.5 Å². The summed E-state index contributed by atoms with van der Waals surface area (Å²) < 4.78 is 28.2. The second-order valence-corrected chi connectivity index (χ2v) is 10.8. The molecule has 30 heavy (non-hydrogen) atoms. The quantitative estimate of drug-likeness (QED) is 0.503. The molecule has 2 amide bonds. The summed E-state index contributed by atoms with van der Waals surface area (Å²) in [6.45, 7) is 0.869. The number of carbonyl (C=O) groups excluding carboxylic acids is 1. The van der Waals surface area contributed by atoms with Gasteiger partial charge in [0.05, 0.1) is 10.6 Å². The van der Waals surface area contributed by atoms with Crippen molar-refractivity contribution in [1.29, 1.82) is 0 Å². The highest BCUT2D eigenvalue weighted by Gasteiger charge is 2.58. The standard InChI is InChI=1S/C21H19IN4O3S/c22-14-4-6-15(7-5-14)30(28,29)26-11-17-18(12-26)20(17)25-21(27)24-19-3-1-2-13-10-23-9-8-16(13)19/h1-10,17-18,20H,11-12H2,(H2,24,25,27). The van der Waals surface area contributed by atoms with Gasteiger partial charge >= 0.3 is 6.03 Å². The van der Waals surface area contributed by atoms with Crippen LogP contribution in [0.3, 0.4) is 0 Å². The minimum absolute atomic E-state index is 0.00446. The zero-order chi connectivity index (χ0) is 20.9. The summed E-state index contributed by atoms with van der Waals surface area (Å²) in [7, 11) is -3.49. The number of benzene rings is 2. The molecule has 2 heterocycles. The van der Waals surface area contributed by atoms with Gasteiger partial charge in [-0.3, -0.25) is 4.98 Å². The number of rotatable bonds is 4. The number of hydrogen-bond donors (Lipinski definition) is 2. The van der Waals surface area contributed by atoms with Crippen molar-refractivity contribution >= 4 is 55.1 Å². The van der Waals surface area contributed by atoms with Gasteiger partial charge in [0.25, 0.3) is 0 Å². The molecule has 2 aliphatic rings. The number of amides is 2. The Hall–Kier alpha value is -2.24. The first-order valence-corrected chi connectivity index (χ1v) is 12.1. The van der Waals surface area contributed by atoms with Crippen LogP contribution in [-0.4, -0.2) is 42.9 Å². The van der Waals surface area contributed by atoms with E-state index in [2.05, 4.69) is 38.2 Å². The van der Waals surface area contributed by atoms with Crippen LogP contribution in [0.1, 0.15) is 0 Å². The fraction of sp³-hybridized carbons (Fsp3) is 0.238. The Morgan fingerprint density at radius 1 is 1.07 bits per heavy atom. The molecule has 0 spiro atoms. The molecule has 5 rings (SSSR count). The van der Waals surface area contributed by atoms with E-state index in [1.54, 1.807) is 36.7 Å². The lowest BCUT2D eigenvalue weighted by Crippen LogP contribution is -2.39. The van der Waals surface area contributed by atoms with Crippen molar-refractivity contribution in [1.82, 2.24) is 14.6 Å². The number of nitrogens with one attached hydrogen (secondary N) is 2. The second-order valence-electron chi connectivity index (χ2n) is 7.63. The van der Waals surface area contributed by atoms with Crippen molar-refractivity contribution in [3.8, 4) is 0 Å². The second kappa shape index (κ2) is 7.47. The maximum absolute atomic E-state index is 12.8. The molecule has 1 aliphatic heterocycles. The van der Waals surface area contributed by atoms with Crippen LogP contribution in [0.2, 0.25) is 0 Å². The Kier molecular flexibility index (Phi) is 4.91. The minimum atomic E-state index is -3.49. The number of fused-ring (bicyclic) bond motifs is 2. The molecule has 3 aromatic rings. The molecule has 0 bridgehead atoms. The van der Waals surface area contributed by atoms with E-state index in [4.69, 9.17) is 0 Å². The van der Waals surface area contributed by atoms with Crippen molar-refractivity contribution < 1.29 is 13.2 Å². The monoisotopic (exact) mass is 534 g/mol. The molecule has 1 saturated carbocycles. The molecular formula is C21H19IN4O3S. The number of hydrogen-bond acceptors (Lipinski definition) is 4. The number of pyridine rings is 1. The Labute approximate surface area is 188 Å². The van der Waals surface area contributed by atoms with Gasteiger partial charge < -0.3 is 10.6 Å². The first kappa shape index (κ1) is 19.7. The van der Waals surface area contributed by atoms with Gasteiger partial charge in [-0.1, -0.05) is 12.1 Å². The van der Waals surface area contributed by atoms with E-state index >= 15 is 0 Å². The SMILES string of the molecule is O=C(Nc1cccc2cnccc12)NC1C2CN(S(=O)(=O)c3ccc(I)cc3)CC21.